The molecule has 1 aromatic rings. The van der Waals surface area contributed by atoms with Crippen molar-refractivity contribution in [2.24, 2.45) is 0 Å². The lowest BCUT2D eigenvalue weighted by Gasteiger charge is -2.26. The molecule has 9 heteroatoms. The van der Waals surface area contributed by atoms with Crippen molar-refractivity contribution in [3.63, 3.8) is 0 Å². The van der Waals surface area contributed by atoms with E-state index in [9.17, 15) is 30.1 Å². The molecule has 4 atom stereocenters. The molecule has 1 saturated heterocycles. The zero-order chi connectivity index (χ0) is 20.8. The quantitative estimate of drug-likeness (QED) is 0.251. The summed E-state index contributed by atoms with van der Waals surface area (Å²) in [5.74, 6) is -1.03. The summed E-state index contributed by atoms with van der Waals surface area (Å²) >= 11 is 0. The Kier molecular flexibility index (Phi) is 3.27. The Morgan fingerprint density at radius 3 is 2.62 bits per heavy atom. The molecule has 2 N–H and O–H groups in total. The minimum Gasteiger partial charge on any atom is -0.507 e. The fourth-order valence-electron chi connectivity index (χ4n) is 4.62. The average molecular weight is 394 g/mol. The number of phenolic OH excluding ortho intramolecular Hbond substituents is 1. The maximum absolute atomic E-state index is 13.2. The van der Waals surface area contributed by atoms with Crippen LogP contribution in [-0.2, 0) is 14.3 Å². The molecule has 0 spiro atoms. The second-order valence-electron chi connectivity index (χ2n) is 7.54. The van der Waals surface area contributed by atoms with Crippen molar-refractivity contribution in [1.29, 1.82) is 0 Å². The molecule has 1 heterocycles. The van der Waals surface area contributed by atoms with Crippen LogP contribution in [0.1, 0.15) is 37.2 Å². The number of aliphatic hydroxyl groups excluding tert-OH is 1. The molecule has 4 aliphatic rings. The number of ether oxygens (including phenoxy) is 2. The van der Waals surface area contributed by atoms with Crippen molar-refractivity contribution in [2.75, 3.05) is 0 Å². The predicted molar refractivity (Wildman–Crippen MR) is 95.3 cm³/mol. The summed E-state index contributed by atoms with van der Waals surface area (Å²) in [5, 5.41) is 20.1. The first-order valence-electron chi connectivity index (χ1n) is 8.88. The van der Waals surface area contributed by atoms with E-state index in [4.69, 9.17) is 9.47 Å². The molecule has 1 aromatic carbocycles. The van der Waals surface area contributed by atoms with Gasteiger partial charge in [-0.05, 0) is 13.0 Å². The number of carbonyl (C=O) groups is 1. The van der Waals surface area contributed by atoms with Crippen molar-refractivity contribution in [2.45, 2.75) is 37.8 Å². The number of benzene rings is 1. The highest BCUT2D eigenvalue weighted by Gasteiger charge is 2.68. The van der Waals surface area contributed by atoms with Crippen LogP contribution in [0.5, 0.6) is 5.75 Å². The van der Waals surface area contributed by atoms with Crippen LogP contribution < -0.4 is 16.2 Å². The molecular weight excluding hydrogens is 380 g/mol. The SMILES string of the molecule is CC(=O)O[C@@H]1c2c(c3c(=O)c4cccc(O)c4c(=O)c=3c2=[N+]=[N-])[C@H](O)[C@@H]2O[C@]12C. The lowest BCUT2D eigenvalue weighted by molar-refractivity contribution is -0.151. The molecule has 0 radical (unpaired) electrons. The molecule has 29 heavy (non-hydrogen) atoms. The summed E-state index contributed by atoms with van der Waals surface area (Å²) in [4.78, 5) is 41.3. The molecule has 0 aromatic heterocycles. The Labute approximate surface area is 161 Å². The summed E-state index contributed by atoms with van der Waals surface area (Å²) < 4.78 is 11.0. The van der Waals surface area contributed by atoms with Gasteiger partial charge in [0.05, 0.1) is 10.9 Å². The van der Waals surface area contributed by atoms with Gasteiger partial charge in [-0.3, -0.25) is 14.4 Å². The third kappa shape index (κ3) is 1.99. The number of fused-ring (bicyclic) bond motifs is 4. The molecular formula is C20H14N2O7. The number of phenols is 1. The summed E-state index contributed by atoms with van der Waals surface area (Å²) in [6, 6.07) is 4.09. The maximum atomic E-state index is 13.2. The number of carbonyl (C=O) groups excluding carboxylic acids is 1. The zero-order valence-corrected chi connectivity index (χ0v) is 15.3. The number of rotatable bonds is 1. The molecule has 0 saturated carbocycles. The predicted octanol–water partition coefficient (Wildman–Crippen LogP) is -0.195. The van der Waals surface area contributed by atoms with E-state index < -0.39 is 40.7 Å². The number of nitrogens with zero attached hydrogens (tertiary/aromatic N) is 2. The van der Waals surface area contributed by atoms with Crippen LogP contribution in [0.4, 0.5) is 0 Å². The Hall–Kier alpha value is -3.39. The van der Waals surface area contributed by atoms with Gasteiger partial charge in [-0.25, -0.2) is 0 Å². The molecule has 0 bridgehead atoms. The van der Waals surface area contributed by atoms with E-state index in [1.54, 1.807) is 6.92 Å². The van der Waals surface area contributed by atoms with Crippen molar-refractivity contribution in [3.05, 3.63) is 71.1 Å². The fraction of sp³-hybridized carbons (Fsp3) is 0.300. The number of hydrogen-bond donors (Lipinski definition) is 2. The second-order valence-corrected chi connectivity index (χ2v) is 7.54. The van der Waals surface area contributed by atoms with E-state index in [-0.39, 0.29) is 43.4 Å². The summed E-state index contributed by atoms with van der Waals surface area (Å²) in [5.41, 5.74) is 7.41. The average Bonchev–Trinajstić information content (AvgIpc) is 3.25. The Bertz CT molecular complexity index is 1500. The molecule has 1 aliphatic heterocycles. The van der Waals surface area contributed by atoms with Crippen molar-refractivity contribution in [1.82, 2.24) is 0 Å². The third-order valence-corrected chi connectivity index (χ3v) is 5.91. The Morgan fingerprint density at radius 2 is 1.97 bits per heavy atom. The van der Waals surface area contributed by atoms with Crippen LogP contribution in [0.15, 0.2) is 27.8 Å². The normalized spacial score (nSPS) is 27.3. The topological polar surface area (TPSA) is 150 Å². The summed E-state index contributed by atoms with van der Waals surface area (Å²) in [6.45, 7) is 2.81. The lowest BCUT2D eigenvalue weighted by atomic mass is 9.82. The third-order valence-electron chi connectivity index (χ3n) is 5.91. The van der Waals surface area contributed by atoms with Gasteiger partial charge < -0.3 is 25.2 Å². The number of aromatic hydroxyl groups is 1. The van der Waals surface area contributed by atoms with Crippen molar-refractivity contribution in [3.8, 4) is 5.75 Å². The van der Waals surface area contributed by atoms with Gasteiger partial charge in [0.15, 0.2) is 11.5 Å². The van der Waals surface area contributed by atoms with Crippen LogP contribution >= 0.6 is 0 Å². The first-order valence-corrected chi connectivity index (χ1v) is 8.88. The van der Waals surface area contributed by atoms with Gasteiger partial charge in [-0.2, -0.15) is 4.79 Å². The van der Waals surface area contributed by atoms with Gasteiger partial charge in [0, 0.05) is 23.1 Å². The van der Waals surface area contributed by atoms with E-state index in [0.717, 1.165) is 0 Å². The van der Waals surface area contributed by atoms with E-state index in [1.165, 1.54) is 25.1 Å². The number of esters is 1. The number of epoxide rings is 1. The monoisotopic (exact) mass is 394 g/mol. The summed E-state index contributed by atoms with van der Waals surface area (Å²) in [7, 11) is 0. The largest absolute Gasteiger partial charge is 0.507 e. The Balaban J connectivity index is 2.08. The van der Waals surface area contributed by atoms with Crippen LogP contribution in [0.2, 0.25) is 0 Å². The van der Waals surface area contributed by atoms with Crippen molar-refractivity contribution >= 4 is 16.7 Å². The smallest absolute Gasteiger partial charge is 0.334 e. The van der Waals surface area contributed by atoms with E-state index in [2.05, 4.69) is 4.79 Å². The van der Waals surface area contributed by atoms with Crippen LogP contribution in [-0.4, -0.2) is 32.7 Å². The molecule has 5 rings (SSSR count). The fourth-order valence-corrected chi connectivity index (χ4v) is 4.62. The van der Waals surface area contributed by atoms with Gasteiger partial charge >= 0.3 is 11.3 Å². The van der Waals surface area contributed by atoms with E-state index >= 15 is 0 Å². The molecule has 146 valence electrons. The van der Waals surface area contributed by atoms with Gasteiger partial charge in [-0.15, -0.1) is 0 Å². The van der Waals surface area contributed by atoms with Crippen molar-refractivity contribution < 1.29 is 29.3 Å². The van der Waals surface area contributed by atoms with Crippen LogP contribution in [0.3, 0.4) is 0 Å². The van der Waals surface area contributed by atoms with Gasteiger partial charge in [0.25, 0.3) is 0 Å². The minimum absolute atomic E-state index is 0.0268. The highest BCUT2D eigenvalue weighted by atomic mass is 16.7. The first-order chi connectivity index (χ1) is 13.7. The summed E-state index contributed by atoms with van der Waals surface area (Å²) in [6.07, 6.45) is -3.13. The Morgan fingerprint density at radius 1 is 1.24 bits per heavy atom. The van der Waals surface area contributed by atoms with E-state index in [1.807, 2.05) is 0 Å². The minimum atomic E-state index is -1.29. The molecule has 3 aliphatic carbocycles. The molecule has 0 amide bonds. The first kappa shape index (κ1) is 17.7. The highest BCUT2D eigenvalue weighted by molar-refractivity contribution is 5.88. The van der Waals surface area contributed by atoms with E-state index in [0.29, 0.717) is 0 Å². The maximum Gasteiger partial charge on any atom is 0.334 e. The lowest BCUT2D eigenvalue weighted by Crippen LogP contribution is -2.36. The standard InChI is InChI=1S/C20H14N2O7/c1-6(23)28-18-13-11(17(27)19-20(18,2)29-19)10-12(14(13)22-21)16(26)9-7(15(10)25)4-3-5-8(9)24/h3-5,17-19,24,27H,1-2H3/t17-,18+,19-,20+/m0/s1. The van der Waals surface area contributed by atoms with Crippen LogP contribution in [0, 0.1) is 10.4 Å². The zero-order valence-electron chi connectivity index (χ0n) is 15.3. The van der Waals surface area contributed by atoms with Gasteiger partial charge in [0.2, 0.25) is 5.43 Å². The highest BCUT2D eigenvalue weighted by Crippen LogP contribution is 2.57. The molecule has 9 nitrogen and oxygen atoms in total. The van der Waals surface area contributed by atoms with Crippen LogP contribution in [0.25, 0.3) is 16.3 Å². The molecule has 1 fully saturated rings. The number of hydrogen-bond acceptors (Lipinski definition) is 7. The second kappa shape index (κ2) is 5.36. The number of aliphatic hydroxyl groups is 1. The molecule has 0 unspecified atom stereocenters. The van der Waals surface area contributed by atoms with Gasteiger partial charge in [-0.1, -0.05) is 12.1 Å². The van der Waals surface area contributed by atoms with Gasteiger partial charge in [0.1, 0.15) is 28.8 Å².